The quantitative estimate of drug-likeness (QED) is 0.889. The van der Waals surface area contributed by atoms with Crippen LogP contribution in [0.5, 0.6) is 5.75 Å². The van der Waals surface area contributed by atoms with Crippen molar-refractivity contribution in [2.45, 2.75) is 31.8 Å². The summed E-state index contributed by atoms with van der Waals surface area (Å²) in [5.74, 6) is 1.40. The van der Waals surface area contributed by atoms with E-state index in [1.54, 1.807) is 0 Å². The van der Waals surface area contributed by atoms with Crippen molar-refractivity contribution in [2.24, 2.45) is 5.73 Å². The third-order valence-corrected chi connectivity index (χ3v) is 4.79. The first kappa shape index (κ1) is 17.3. The number of piperidine rings is 1. The van der Waals surface area contributed by atoms with Gasteiger partial charge in [0, 0.05) is 30.7 Å². The summed E-state index contributed by atoms with van der Waals surface area (Å²) >= 11 is 5.97. The fourth-order valence-electron chi connectivity index (χ4n) is 3.45. The molecule has 2 N–H and O–H groups in total. The van der Waals surface area contributed by atoms with Crippen molar-refractivity contribution in [1.82, 2.24) is 4.90 Å². The van der Waals surface area contributed by atoms with Crippen LogP contribution >= 0.6 is 11.6 Å². The van der Waals surface area contributed by atoms with Crippen molar-refractivity contribution in [2.75, 3.05) is 19.7 Å². The molecule has 128 valence electrons. The number of benzene rings is 2. The molecule has 2 aromatic carbocycles. The van der Waals surface area contributed by atoms with Gasteiger partial charge in [-0.05, 0) is 54.7 Å². The van der Waals surface area contributed by atoms with Gasteiger partial charge in [0.2, 0.25) is 0 Å². The predicted molar refractivity (Wildman–Crippen MR) is 99.7 cm³/mol. The molecule has 0 aliphatic carbocycles. The Kier molecular flexibility index (Phi) is 5.77. The fourth-order valence-corrected chi connectivity index (χ4v) is 3.58. The van der Waals surface area contributed by atoms with Crippen LogP contribution in [-0.2, 0) is 6.54 Å². The normalized spacial score (nSPS) is 21.6. The molecule has 24 heavy (non-hydrogen) atoms. The summed E-state index contributed by atoms with van der Waals surface area (Å²) in [7, 11) is 0. The highest BCUT2D eigenvalue weighted by Crippen LogP contribution is 2.28. The summed E-state index contributed by atoms with van der Waals surface area (Å²) in [5.41, 5.74) is 8.94. The zero-order chi connectivity index (χ0) is 16.9. The summed E-state index contributed by atoms with van der Waals surface area (Å²) in [6.07, 6.45) is 1.03. The van der Waals surface area contributed by atoms with Gasteiger partial charge in [0.1, 0.15) is 5.75 Å². The van der Waals surface area contributed by atoms with Gasteiger partial charge in [0.15, 0.2) is 0 Å². The van der Waals surface area contributed by atoms with Crippen LogP contribution in [-0.4, -0.2) is 30.6 Å². The number of halogens is 1. The monoisotopic (exact) mass is 344 g/mol. The van der Waals surface area contributed by atoms with Gasteiger partial charge < -0.3 is 10.5 Å². The minimum absolute atomic E-state index is 0.211. The van der Waals surface area contributed by atoms with Crippen molar-refractivity contribution < 1.29 is 4.74 Å². The number of nitrogens with zero attached hydrogens (tertiary/aromatic N) is 1. The molecule has 0 saturated carbocycles. The maximum atomic E-state index is 6.32. The van der Waals surface area contributed by atoms with Crippen LogP contribution in [0.15, 0.2) is 48.5 Å². The van der Waals surface area contributed by atoms with Crippen LogP contribution in [0.3, 0.4) is 0 Å². The Bertz CT molecular complexity index is 642. The van der Waals surface area contributed by atoms with Crippen molar-refractivity contribution in [3.63, 3.8) is 0 Å². The number of hydrogen-bond donors (Lipinski definition) is 1. The molecule has 1 aliphatic rings. The lowest BCUT2D eigenvalue weighted by atomic mass is 9.88. The van der Waals surface area contributed by atoms with Gasteiger partial charge in [-0.2, -0.15) is 0 Å². The molecule has 0 amide bonds. The standard InChI is InChI=1S/C20H25ClN2O/c1-2-24-20-9-5-16(6-10-20)17-11-19(22)14-23(13-17)12-15-3-7-18(21)8-4-15/h3-10,17,19H,2,11-14,22H2,1H3. The van der Waals surface area contributed by atoms with Gasteiger partial charge in [-0.1, -0.05) is 35.9 Å². The van der Waals surface area contributed by atoms with Gasteiger partial charge in [0.05, 0.1) is 6.61 Å². The molecule has 3 nitrogen and oxygen atoms in total. The molecule has 0 radical (unpaired) electrons. The first-order valence-corrected chi connectivity index (χ1v) is 8.97. The first-order chi connectivity index (χ1) is 11.6. The Hall–Kier alpha value is -1.55. The zero-order valence-electron chi connectivity index (χ0n) is 14.1. The minimum Gasteiger partial charge on any atom is -0.494 e. The summed E-state index contributed by atoms with van der Waals surface area (Å²) in [4.78, 5) is 2.44. The second-order valence-electron chi connectivity index (χ2n) is 6.52. The van der Waals surface area contributed by atoms with Crippen LogP contribution in [0.4, 0.5) is 0 Å². The fraction of sp³-hybridized carbons (Fsp3) is 0.400. The molecule has 0 spiro atoms. The van der Waals surface area contributed by atoms with E-state index in [9.17, 15) is 0 Å². The summed E-state index contributed by atoms with van der Waals surface area (Å²) in [5, 5.41) is 0.779. The molecule has 0 aromatic heterocycles. The lowest BCUT2D eigenvalue weighted by Gasteiger charge is -2.36. The van der Waals surface area contributed by atoms with Crippen LogP contribution in [0.25, 0.3) is 0 Å². The van der Waals surface area contributed by atoms with Crippen molar-refractivity contribution in [3.8, 4) is 5.75 Å². The largest absolute Gasteiger partial charge is 0.494 e. The smallest absolute Gasteiger partial charge is 0.119 e. The van der Waals surface area contributed by atoms with Gasteiger partial charge in [-0.25, -0.2) is 0 Å². The van der Waals surface area contributed by atoms with E-state index < -0.39 is 0 Å². The third kappa shape index (κ3) is 4.50. The van der Waals surface area contributed by atoms with Crippen LogP contribution in [0, 0.1) is 0 Å². The van der Waals surface area contributed by atoms with Gasteiger partial charge in [0.25, 0.3) is 0 Å². The topological polar surface area (TPSA) is 38.5 Å². The van der Waals surface area contributed by atoms with Crippen molar-refractivity contribution in [3.05, 3.63) is 64.7 Å². The average molecular weight is 345 g/mol. The highest BCUT2D eigenvalue weighted by Gasteiger charge is 2.26. The Morgan fingerprint density at radius 2 is 1.79 bits per heavy atom. The maximum absolute atomic E-state index is 6.32. The summed E-state index contributed by atoms with van der Waals surface area (Å²) in [6.45, 7) is 5.59. The van der Waals surface area contributed by atoms with Gasteiger partial charge >= 0.3 is 0 Å². The van der Waals surface area contributed by atoms with E-state index in [4.69, 9.17) is 22.1 Å². The van der Waals surface area contributed by atoms with Crippen LogP contribution in [0.1, 0.15) is 30.4 Å². The number of ether oxygens (including phenoxy) is 1. The minimum atomic E-state index is 0.211. The lowest BCUT2D eigenvalue weighted by Crippen LogP contribution is -2.45. The van der Waals surface area contributed by atoms with E-state index in [0.717, 1.165) is 36.8 Å². The Morgan fingerprint density at radius 3 is 2.46 bits per heavy atom. The third-order valence-electron chi connectivity index (χ3n) is 4.54. The molecule has 1 aliphatic heterocycles. The van der Waals surface area contributed by atoms with Crippen LogP contribution in [0.2, 0.25) is 5.02 Å². The zero-order valence-corrected chi connectivity index (χ0v) is 14.9. The second-order valence-corrected chi connectivity index (χ2v) is 6.95. The van der Waals surface area contributed by atoms with Crippen molar-refractivity contribution in [1.29, 1.82) is 0 Å². The summed E-state index contributed by atoms with van der Waals surface area (Å²) in [6, 6.07) is 16.8. The molecule has 2 atom stereocenters. The van der Waals surface area contributed by atoms with Gasteiger partial charge in [-0.3, -0.25) is 4.90 Å². The molecule has 1 heterocycles. The second kappa shape index (κ2) is 8.02. The molecule has 4 heteroatoms. The number of rotatable bonds is 5. The molecular weight excluding hydrogens is 320 g/mol. The van der Waals surface area contributed by atoms with E-state index in [2.05, 4.69) is 41.3 Å². The average Bonchev–Trinajstić information content (AvgIpc) is 2.57. The molecule has 2 unspecified atom stereocenters. The van der Waals surface area contributed by atoms with E-state index in [0.29, 0.717) is 12.5 Å². The van der Waals surface area contributed by atoms with E-state index >= 15 is 0 Å². The van der Waals surface area contributed by atoms with Crippen LogP contribution < -0.4 is 10.5 Å². The highest BCUT2D eigenvalue weighted by atomic mass is 35.5. The molecule has 0 bridgehead atoms. The number of hydrogen-bond acceptors (Lipinski definition) is 3. The Labute approximate surface area is 149 Å². The Morgan fingerprint density at radius 1 is 1.08 bits per heavy atom. The predicted octanol–water partition coefficient (Wildman–Crippen LogP) is 4.06. The number of nitrogens with two attached hydrogens (primary N) is 1. The molecular formula is C20H25ClN2O. The molecule has 3 rings (SSSR count). The maximum Gasteiger partial charge on any atom is 0.119 e. The lowest BCUT2D eigenvalue weighted by molar-refractivity contribution is 0.181. The highest BCUT2D eigenvalue weighted by molar-refractivity contribution is 6.30. The number of likely N-dealkylation sites (tertiary alicyclic amines) is 1. The van der Waals surface area contributed by atoms with E-state index in [1.807, 2.05) is 19.1 Å². The van der Waals surface area contributed by atoms with Gasteiger partial charge in [-0.15, -0.1) is 0 Å². The SMILES string of the molecule is CCOc1ccc(C2CC(N)CN(Cc3ccc(Cl)cc3)C2)cc1. The van der Waals surface area contributed by atoms with Crippen molar-refractivity contribution >= 4 is 11.6 Å². The Balaban J connectivity index is 1.67. The molecule has 2 aromatic rings. The van der Waals surface area contributed by atoms with E-state index in [-0.39, 0.29) is 6.04 Å². The molecule has 1 fully saturated rings. The summed E-state index contributed by atoms with van der Waals surface area (Å²) < 4.78 is 5.53. The molecule has 1 saturated heterocycles. The first-order valence-electron chi connectivity index (χ1n) is 8.59. The van der Waals surface area contributed by atoms with E-state index in [1.165, 1.54) is 11.1 Å².